The first kappa shape index (κ1) is 19.4. The second-order valence-electron chi connectivity index (χ2n) is 6.65. The number of carbonyl (C=O) groups is 1. The first-order valence-electron chi connectivity index (χ1n) is 9.67. The molecule has 6 nitrogen and oxygen atoms in total. The van der Waals surface area contributed by atoms with E-state index in [1.807, 2.05) is 55.6 Å². The highest BCUT2D eigenvalue weighted by molar-refractivity contribution is 5.91. The van der Waals surface area contributed by atoms with Gasteiger partial charge in [-0.1, -0.05) is 18.2 Å². The minimum atomic E-state index is -0.340. The molecule has 0 aliphatic heterocycles. The van der Waals surface area contributed by atoms with Crippen molar-refractivity contribution in [2.24, 2.45) is 4.99 Å². The second kappa shape index (κ2) is 8.61. The number of furan rings is 1. The molecular formula is C24H21N3O3. The molecule has 0 atom stereocenters. The highest BCUT2D eigenvalue weighted by atomic mass is 16.5. The Bertz CT molecular complexity index is 1170. The van der Waals surface area contributed by atoms with Gasteiger partial charge in [-0.2, -0.15) is 5.10 Å². The molecule has 0 amide bonds. The molecule has 4 aromatic rings. The van der Waals surface area contributed by atoms with Gasteiger partial charge in [-0.3, -0.25) is 4.99 Å². The van der Waals surface area contributed by atoms with Gasteiger partial charge in [-0.05, 0) is 62.4 Å². The zero-order valence-corrected chi connectivity index (χ0v) is 16.8. The highest BCUT2D eigenvalue weighted by Gasteiger charge is 2.14. The Hall–Kier alpha value is -3.93. The first-order chi connectivity index (χ1) is 14.6. The van der Waals surface area contributed by atoms with Crippen molar-refractivity contribution in [1.82, 2.24) is 9.78 Å². The zero-order chi connectivity index (χ0) is 20.9. The lowest BCUT2D eigenvalue weighted by Gasteiger charge is -2.01. The van der Waals surface area contributed by atoms with E-state index >= 15 is 0 Å². The largest absolute Gasteiger partial charge is 0.462 e. The average Bonchev–Trinajstić information content (AvgIpc) is 3.39. The third-order valence-corrected chi connectivity index (χ3v) is 4.47. The van der Waals surface area contributed by atoms with E-state index < -0.39 is 0 Å². The quantitative estimate of drug-likeness (QED) is 0.323. The molecule has 4 rings (SSSR count). The fraction of sp³-hybridized carbons (Fsp3) is 0.125. The molecule has 0 unspecified atom stereocenters. The summed E-state index contributed by atoms with van der Waals surface area (Å²) in [5, 5.41) is 4.70. The Morgan fingerprint density at radius 2 is 1.87 bits per heavy atom. The molecule has 0 saturated heterocycles. The Balaban J connectivity index is 1.65. The van der Waals surface area contributed by atoms with Gasteiger partial charge in [-0.25, -0.2) is 9.48 Å². The van der Waals surface area contributed by atoms with E-state index in [4.69, 9.17) is 14.3 Å². The smallest absolute Gasteiger partial charge is 0.338 e. The van der Waals surface area contributed by atoms with E-state index in [9.17, 15) is 4.79 Å². The number of aryl methyl sites for hydroxylation is 1. The minimum Gasteiger partial charge on any atom is -0.462 e. The molecule has 0 aliphatic rings. The summed E-state index contributed by atoms with van der Waals surface area (Å²) >= 11 is 0. The maximum absolute atomic E-state index is 11.8. The van der Waals surface area contributed by atoms with Crippen LogP contribution in [0.2, 0.25) is 0 Å². The van der Waals surface area contributed by atoms with Gasteiger partial charge in [-0.15, -0.1) is 0 Å². The van der Waals surface area contributed by atoms with Crippen molar-refractivity contribution in [3.63, 3.8) is 0 Å². The normalized spacial score (nSPS) is 11.1. The topological polar surface area (TPSA) is 69.6 Å². The van der Waals surface area contributed by atoms with Gasteiger partial charge in [0, 0.05) is 18.0 Å². The Morgan fingerprint density at radius 3 is 2.53 bits per heavy atom. The second-order valence-corrected chi connectivity index (χ2v) is 6.65. The number of ether oxygens (including phenoxy) is 1. The Kier molecular flexibility index (Phi) is 5.57. The number of hydrogen-bond acceptors (Lipinski definition) is 5. The number of esters is 1. The number of rotatable bonds is 6. The van der Waals surface area contributed by atoms with Crippen LogP contribution in [0.1, 0.15) is 28.6 Å². The third-order valence-electron chi connectivity index (χ3n) is 4.47. The van der Waals surface area contributed by atoms with Crippen molar-refractivity contribution in [3.8, 4) is 17.1 Å². The SMILES string of the molecule is CCOC(=O)c1ccc(N=Cc2cn(-c3ccccc3)nc2-c2ccc(C)o2)cc1. The molecule has 0 fully saturated rings. The van der Waals surface area contributed by atoms with E-state index in [1.54, 1.807) is 42.1 Å². The van der Waals surface area contributed by atoms with Crippen molar-refractivity contribution in [2.75, 3.05) is 6.61 Å². The van der Waals surface area contributed by atoms with Crippen LogP contribution in [0, 0.1) is 6.92 Å². The maximum Gasteiger partial charge on any atom is 0.338 e. The minimum absolute atomic E-state index is 0.340. The van der Waals surface area contributed by atoms with Crippen LogP contribution in [-0.4, -0.2) is 28.6 Å². The van der Waals surface area contributed by atoms with Crippen molar-refractivity contribution >= 4 is 17.9 Å². The van der Waals surface area contributed by atoms with Crippen LogP contribution < -0.4 is 0 Å². The van der Waals surface area contributed by atoms with Crippen LogP contribution in [0.4, 0.5) is 5.69 Å². The van der Waals surface area contributed by atoms with E-state index in [0.717, 1.165) is 22.7 Å². The van der Waals surface area contributed by atoms with E-state index in [2.05, 4.69) is 4.99 Å². The lowest BCUT2D eigenvalue weighted by atomic mass is 10.2. The van der Waals surface area contributed by atoms with E-state index in [0.29, 0.717) is 23.6 Å². The molecule has 0 aliphatic carbocycles. The maximum atomic E-state index is 11.8. The number of aromatic nitrogens is 2. The van der Waals surface area contributed by atoms with Crippen molar-refractivity contribution < 1.29 is 13.9 Å². The molecule has 2 aromatic heterocycles. The summed E-state index contributed by atoms with van der Waals surface area (Å²) in [5.41, 5.74) is 3.69. The van der Waals surface area contributed by atoms with Gasteiger partial charge >= 0.3 is 5.97 Å². The predicted molar refractivity (Wildman–Crippen MR) is 116 cm³/mol. The molecule has 0 N–H and O–H groups in total. The van der Waals surface area contributed by atoms with Gasteiger partial charge in [0.2, 0.25) is 0 Å². The number of benzene rings is 2. The zero-order valence-electron chi connectivity index (χ0n) is 16.8. The number of nitrogens with zero attached hydrogens (tertiary/aromatic N) is 3. The average molecular weight is 399 g/mol. The fourth-order valence-corrected chi connectivity index (χ4v) is 2.99. The lowest BCUT2D eigenvalue weighted by molar-refractivity contribution is 0.0526. The summed E-state index contributed by atoms with van der Waals surface area (Å²) in [6.45, 7) is 4.03. The van der Waals surface area contributed by atoms with Gasteiger partial charge in [0.1, 0.15) is 11.5 Å². The van der Waals surface area contributed by atoms with Crippen LogP contribution >= 0.6 is 0 Å². The highest BCUT2D eigenvalue weighted by Crippen LogP contribution is 2.25. The van der Waals surface area contributed by atoms with Crippen molar-refractivity contribution in [1.29, 1.82) is 0 Å². The molecule has 30 heavy (non-hydrogen) atoms. The third kappa shape index (κ3) is 4.22. The fourth-order valence-electron chi connectivity index (χ4n) is 2.99. The summed E-state index contributed by atoms with van der Waals surface area (Å²) in [6, 6.07) is 20.6. The summed E-state index contributed by atoms with van der Waals surface area (Å²) < 4.78 is 12.6. The van der Waals surface area contributed by atoms with Gasteiger partial charge in [0.15, 0.2) is 5.76 Å². The molecule has 2 heterocycles. The molecular weight excluding hydrogens is 378 g/mol. The molecule has 0 radical (unpaired) electrons. The number of aliphatic imine (C=N–C) groups is 1. The molecule has 0 bridgehead atoms. The summed E-state index contributed by atoms with van der Waals surface area (Å²) in [5.74, 6) is 1.16. The lowest BCUT2D eigenvalue weighted by Crippen LogP contribution is -2.03. The van der Waals surface area contributed by atoms with Crippen LogP contribution in [0.3, 0.4) is 0 Å². The van der Waals surface area contributed by atoms with Crippen molar-refractivity contribution in [3.05, 3.63) is 89.8 Å². The standard InChI is InChI=1S/C24H21N3O3/c1-3-29-24(28)18-10-12-20(13-11-18)25-15-19-16-27(21-7-5-4-6-8-21)26-23(19)22-14-9-17(2)30-22/h4-16H,3H2,1-2H3. The molecule has 0 spiro atoms. The summed E-state index contributed by atoms with van der Waals surface area (Å²) in [6.07, 6.45) is 3.66. The Labute approximate surface area is 174 Å². The predicted octanol–water partition coefficient (Wildman–Crippen LogP) is 5.37. The first-order valence-corrected chi connectivity index (χ1v) is 9.67. The van der Waals surface area contributed by atoms with Crippen LogP contribution in [0.15, 0.2) is 82.3 Å². The Morgan fingerprint density at radius 1 is 1.10 bits per heavy atom. The van der Waals surface area contributed by atoms with E-state index in [-0.39, 0.29) is 5.97 Å². The van der Waals surface area contributed by atoms with Crippen LogP contribution in [0.5, 0.6) is 0 Å². The van der Waals surface area contributed by atoms with E-state index in [1.165, 1.54) is 0 Å². The van der Waals surface area contributed by atoms with Crippen LogP contribution in [-0.2, 0) is 4.74 Å². The summed E-state index contributed by atoms with van der Waals surface area (Å²) in [4.78, 5) is 16.3. The van der Waals surface area contributed by atoms with Gasteiger partial charge in [0.25, 0.3) is 0 Å². The number of hydrogen-bond donors (Lipinski definition) is 0. The molecule has 0 saturated carbocycles. The van der Waals surface area contributed by atoms with Crippen LogP contribution in [0.25, 0.3) is 17.1 Å². The monoisotopic (exact) mass is 399 g/mol. The molecule has 150 valence electrons. The molecule has 6 heteroatoms. The number of carbonyl (C=O) groups excluding carboxylic acids is 1. The van der Waals surface area contributed by atoms with Crippen molar-refractivity contribution in [2.45, 2.75) is 13.8 Å². The number of para-hydroxylation sites is 1. The summed E-state index contributed by atoms with van der Waals surface area (Å²) in [7, 11) is 0. The van der Waals surface area contributed by atoms with Gasteiger partial charge in [0.05, 0.1) is 23.5 Å². The van der Waals surface area contributed by atoms with Gasteiger partial charge < -0.3 is 9.15 Å². The molecule has 2 aromatic carbocycles.